The fraction of sp³-hybridized carbons (Fsp3) is 0.625. The molecular formula is C16H27N3. The Morgan fingerprint density at radius 3 is 2.63 bits per heavy atom. The SMILES string of the molecule is CN(C)Cc1ccc(NCC2CCCN(C)C2)cc1. The van der Waals surface area contributed by atoms with Gasteiger partial charge in [0.05, 0.1) is 0 Å². The van der Waals surface area contributed by atoms with Gasteiger partial charge in [-0.2, -0.15) is 0 Å². The van der Waals surface area contributed by atoms with Crippen molar-refractivity contribution in [1.29, 1.82) is 0 Å². The molecule has 3 nitrogen and oxygen atoms in total. The molecule has 1 heterocycles. The summed E-state index contributed by atoms with van der Waals surface area (Å²) in [5, 5.41) is 3.58. The van der Waals surface area contributed by atoms with Gasteiger partial charge in [-0.3, -0.25) is 0 Å². The number of nitrogens with zero attached hydrogens (tertiary/aromatic N) is 2. The number of nitrogens with one attached hydrogen (secondary N) is 1. The van der Waals surface area contributed by atoms with Gasteiger partial charge in [-0.1, -0.05) is 12.1 Å². The number of rotatable bonds is 5. The van der Waals surface area contributed by atoms with Crippen molar-refractivity contribution in [2.45, 2.75) is 19.4 Å². The highest BCUT2D eigenvalue weighted by Gasteiger charge is 2.16. The van der Waals surface area contributed by atoms with Crippen molar-refractivity contribution >= 4 is 5.69 Å². The molecule has 19 heavy (non-hydrogen) atoms. The fourth-order valence-electron chi connectivity index (χ4n) is 2.80. The van der Waals surface area contributed by atoms with Gasteiger partial charge in [0.25, 0.3) is 0 Å². The highest BCUT2D eigenvalue weighted by molar-refractivity contribution is 5.44. The van der Waals surface area contributed by atoms with Gasteiger partial charge in [-0.25, -0.2) is 0 Å². The predicted octanol–water partition coefficient (Wildman–Crippen LogP) is 2.50. The number of hydrogen-bond acceptors (Lipinski definition) is 3. The van der Waals surface area contributed by atoms with E-state index in [0.29, 0.717) is 0 Å². The maximum absolute atomic E-state index is 3.58. The zero-order chi connectivity index (χ0) is 13.7. The Labute approximate surface area is 117 Å². The van der Waals surface area contributed by atoms with Crippen molar-refractivity contribution in [1.82, 2.24) is 9.80 Å². The van der Waals surface area contributed by atoms with E-state index in [-0.39, 0.29) is 0 Å². The lowest BCUT2D eigenvalue weighted by molar-refractivity contribution is 0.217. The Balaban J connectivity index is 1.79. The summed E-state index contributed by atoms with van der Waals surface area (Å²) in [6, 6.07) is 8.83. The number of anilines is 1. The van der Waals surface area contributed by atoms with Crippen LogP contribution in [0.25, 0.3) is 0 Å². The van der Waals surface area contributed by atoms with Crippen molar-refractivity contribution in [3.8, 4) is 0 Å². The third-order valence-corrected chi connectivity index (χ3v) is 3.77. The smallest absolute Gasteiger partial charge is 0.0340 e. The Hall–Kier alpha value is -1.06. The minimum atomic E-state index is 0.792. The molecule has 106 valence electrons. The number of likely N-dealkylation sites (tertiary alicyclic amines) is 1. The van der Waals surface area contributed by atoms with E-state index in [0.717, 1.165) is 19.0 Å². The van der Waals surface area contributed by atoms with Crippen LogP contribution in [-0.2, 0) is 6.54 Å². The highest BCUT2D eigenvalue weighted by atomic mass is 15.1. The Morgan fingerprint density at radius 1 is 1.26 bits per heavy atom. The molecule has 0 amide bonds. The largest absolute Gasteiger partial charge is 0.385 e. The molecule has 0 saturated carbocycles. The van der Waals surface area contributed by atoms with Crippen LogP contribution in [-0.4, -0.2) is 50.6 Å². The van der Waals surface area contributed by atoms with E-state index in [1.165, 1.54) is 37.2 Å². The summed E-state index contributed by atoms with van der Waals surface area (Å²) in [6.45, 7) is 4.59. The molecule has 1 aromatic carbocycles. The second kappa shape index (κ2) is 6.92. The molecule has 0 aliphatic carbocycles. The molecule has 1 atom stereocenters. The van der Waals surface area contributed by atoms with Crippen molar-refractivity contribution in [3.63, 3.8) is 0 Å². The molecule has 0 bridgehead atoms. The summed E-state index contributed by atoms with van der Waals surface area (Å²) in [6.07, 6.45) is 2.70. The summed E-state index contributed by atoms with van der Waals surface area (Å²) < 4.78 is 0. The Bertz CT molecular complexity index is 372. The first-order valence-corrected chi connectivity index (χ1v) is 7.29. The average Bonchev–Trinajstić information content (AvgIpc) is 2.37. The van der Waals surface area contributed by atoms with E-state index in [2.05, 4.69) is 60.5 Å². The summed E-state index contributed by atoms with van der Waals surface area (Å²) in [4.78, 5) is 4.64. The number of benzene rings is 1. The first-order chi connectivity index (χ1) is 9.13. The molecule has 1 saturated heterocycles. The average molecular weight is 261 g/mol. The van der Waals surface area contributed by atoms with Crippen LogP contribution in [0.3, 0.4) is 0 Å². The van der Waals surface area contributed by atoms with Crippen LogP contribution in [0.2, 0.25) is 0 Å². The quantitative estimate of drug-likeness (QED) is 0.878. The van der Waals surface area contributed by atoms with Crippen LogP contribution >= 0.6 is 0 Å². The van der Waals surface area contributed by atoms with Crippen LogP contribution in [0.15, 0.2) is 24.3 Å². The second-order valence-electron chi connectivity index (χ2n) is 6.09. The topological polar surface area (TPSA) is 18.5 Å². The number of hydrogen-bond donors (Lipinski definition) is 1. The lowest BCUT2D eigenvalue weighted by atomic mass is 9.98. The van der Waals surface area contributed by atoms with Crippen molar-refractivity contribution in [3.05, 3.63) is 29.8 Å². The molecule has 1 unspecified atom stereocenters. The van der Waals surface area contributed by atoms with E-state index in [1.807, 2.05) is 0 Å². The van der Waals surface area contributed by atoms with Gasteiger partial charge in [-0.15, -0.1) is 0 Å². The molecule has 1 aliphatic heterocycles. The molecule has 3 heteroatoms. The van der Waals surface area contributed by atoms with Gasteiger partial charge in [-0.05, 0) is 64.1 Å². The standard InChI is InChI=1S/C16H27N3/c1-18(2)12-14-6-8-16(9-7-14)17-11-15-5-4-10-19(3)13-15/h6-9,15,17H,4-5,10-13H2,1-3H3. The maximum Gasteiger partial charge on any atom is 0.0340 e. The maximum atomic E-state index is 3.58. The molecule has 1 fully saturated rings. The van der Waals surface area contributed by atoms with E-state index in [4.69, 9.17) is 0 Å². The van der Waals surface area contributed by atoms with Crippen LogP contribution in [0.4, 0.5) is 5.69 Å². The minimum Gasteiger partial charge on any atom is -0.385 e. The summed E-state index contributed by atoms with van der Waals surface area (Å²) in [7, 11) is 6.43. The lowest BCUT2D eigenvalue weighted by Gasteiger charge is -2.30. The molecular weight excluding hydrogens is 234 g/mol. The first-order valence-electron chi connectivity index (χ1n) is 7.29. The van der Waals surface area contributed by atoms with E-state index in [9.17, 15) is 0 Å². The molecule has 1 aliphatic rings. The minimum absolute atomic E-state index is 0.792. The summed E-state index contributed by atoms with van der Waals surface area (Å²) >= 11 is 0. The van der Waals surface area contributed by atoms with Crippen LogP contribution in [0, 0.1) is 5.92 Å². The molecule has 1 aromatic rings. The third-order valence-electron chi connectivity index (χ3n) is 3.77. The first kappa shape index (κ1) is 14.4. The molecule has 2 rings (SSSR count). The molecule has 0 spiro atoms. The Morgan fingerprint density at radius 2 is 2.00 bits per heavy atom. The van der Waals surface area contributed by atoms with Gasteiger partial charge >= 0.3 is 0 Å². The van der Waals surface area contributed by atoms with Crippen molar-refractivity contribution < 1.29 is 0 Å². The van der Waals surface area contributed by atoms with Crippen LogP contribution in [0.1, 0.15) is 18.4 Å². The normalized spacial score (nSPS) is 20.7. The van der Waals surface area contributed by atoms with E-state index in [1.54, 1.807) is 0 Å². The lowest BCUT2D eigenvalue weighted by Crippen LogP contribution is -2.35. The van der Waals surface area contributed by atoms with Gasteiger partial charge < -0.3 is 15.1 Å². The molecule has 0 radical (unpaired) electrons. The van der Waals surface area contributed by atoms with E-state index >= 15 is 0 Å². The molecule has 1 N–H and O–H groups in total. The fourth-order valence-corrected chi connectivity index (χ4v) is 2.80. The Kier molecular flexibility index (Phi) is 5.23. The van der Waals surface area contributed by atoms with E-state index < -0.39 is 0 Å². The second-order valence-corrected chi connectivity index (χ2v) is 6.09. The van der Waals surface area contributed by atoms with Gasteiger partial charge in [0.15, 0.2) is 0 Å². The number of piperidine rings is 1. The predicted molar refractivity (Wildman–Crippen MR) is 82.5 cm³/mol. The third kappa shape index (κ3) is 4.84. The zero-order valence-corrected chi connectivity index (χ0v) is 12.5. The van der Waals surface area contributed by atoms with Crippen molar-refractivity contribution in [2.75, 3.05) is 46.1 Å². The van der Waals surface area contributed by atoms with Crippen molar-refractivity contribution in [2.24, 2.45) is 5.92 Å². The summed E-state index contributed by atoms with van der Waals surface area (Å²) in [5.41, 5.74) is 2.61. The van der Waals surface area contributed by atoms with Crippen LogP contribution in [0.5, 0.6) is 0 Å². The van der Waals surface area contributed by atoms with Gasteiger partial charge in [0.2, 0.25) is 0 Å². The van der Waals surface area contributed by atoms with Gasteiger partial charge in [0, 0.05) is 25.3 Å². The monoisotopic (exact) mass is 261 g/mol. The van der Waals surface area contributed by atoms with Gasteiger partial charge in [0.1, 0.15) is 0 Å². The van der Waals surface area contributed by atoms with Crippen LogP contribution < -0.4 is 5.32 Å². The zero-order valence-electron chi connectivity index (χ0n) is 12.5. The molecule has 0 aromatic heterocycles. The summed E-state index contributed by atoms with van der Waals surface area (Å²) in [5.74, 6) is 0.792. The highest BCUT2D eigenvalue weighted by Crippen LogP contribution is 2.17.